The fraction of sp³-hybridized carbons (Fsp3) is 0.500. The van der Waals surface area contributed by atoms with Gasteiger partial charge in [-0.05, 0) is 13.0 Å². The molecule has 0 amide bonds. The second kappa shape index (κ2) is 5.57. The summed E-state index contributed by atoms with van der Waals surface area (Å²) in [7, 11) is 0. The summed E-state index contributed by atoms with van der Waals surface area (Å²) < 4.78 is 5.41. The largest absolute Gasteiger partial charge is 0.493 e. The molecule has 0 unspecified atom stereocenters. The number of aliphatic hydroxyl groups is 2. The maximum atomic E-state index is 8.96. The van der Waals surface area contributed by atoms with E-state index in [1.165, 1.54) is 0 Å². The monoisotopic (exact) mass is 197 g/mol. The van der Waals surface area contributed by atoms with Crippen LogP contribution in [0.15, 0.2) is 12.3 Å². The molecule has 14 heavy (non-hydrogen) atoms. The molecule has 0 aliphatic rings. The molecule has 1 aromatic heterocycles. The summed E-state index contributed by atoms with van der Waals surface area (Å²) in [5, 5.41) is 17.5. The molecule has 0 bridgehead atoms. The molecule has 0 spiro atoms. The lowest BCUT2D eigenvalue weighted by molar-refractivity contribution is 0.231. The molecular weight excluding hydrogens is 182 g/mol. The third kappa shape index (κ3) is 2.68. The van der Waals surface area contributed by atoms with Crippen molar-refractivity contribution >= 4 is 0 Å². The van der Waals surface area contributed by atoms with Crippen molar-refractivity contribution in [1.29, 1.82) is 0 Å². The normalized spacial score (nSPS) is 10.2. The summed E-state index contributed by atoms with van der Waals surface area (Å²) in [5.74, 6) is 0.720. The van der Waals surface area contributed by atoms with Crippen LogP contribution in [0.25, 0.3) is 0 Å². The van der Waals surface area contributed by atoms with Crippen LogP contribution in [0, 0.1) is 6.92 Å². The van der Waals surface area contributed by atoms with Crippen LogP contribution in [0.1, 0.15) is 17.7 Å². The molecule has 4 nitrogen and oxygen atoms in total. The van der Waals surface area contributed by atoms with Gasteiger partial charge < -0.3 is 14.9 Å². The van der Waals surface area contributed by atoms with Crippen molar-refractivity contribution in [2.24, 2.45) is 0 Å². The Balaban J connectivity index is 2.66. The van der Waals surface area contributed by atoms with Crippen molar-refractivity contribution in [1.82, 2.24) is 4.98 Å². The van der Waals surface area contributed by atoms with Crippen LogP contribution in [0.3, 0.4) is 0 Å². The van der Waals surface area contributed by atoms with Gasteiger partial charge in [0.1, 0.15) is 5.75 Å². The molecule has 1 heterocycles. The average Bonchev–Trinajstić information content (AvgIpc) is 2.21. The lowest BCUT2D eigenvalue weighted by atomic mass is 10.2. The Morgan fingerprint density at radius 1 is 1.43 bits per heavy atom. The minimum atomic E-state index is -0.0803. The van der Waals surface area contributed by atoms with Gasteiger partial charge in [-0.2, -0.15) is 0 Å². The van der Waals surface area contributed by atoms with Gasteiger partial charge in [0, 0.05) is 24.8 Å². The van der Waals surface area contributed by atoms with Gasteiger partial charge in [0.15, 0.2) is 0 Å². The molecule has 78 valence electrons. The standard InChI is InChI=1S/C10H15NO3/c1-8-9(7-13)11-4-3-10(8)14-6-2-5-12/h3-4,12-13H,2,5-7H2,1H3. The highest BCUT2D eigenvalue weighted by molar-refractivity contribution is 5.34. The first-order chi connectivity index (χ1) is 6.79. The Labute approximate surface area is 83.2 Å². The van der Waals surface area contributed by atoms with E-state index in [0.29, 0.717) is 18.7 Å². The SMILES string of the molecule is Cc1c(OCCCO)ccnc1CO. The van der Waals surface area contributed by atoms with Crippen molar-refractivity contribution in [3.8, 4) is 5.75 Å². The van der Waals surface area contributed by atoms with Crippen LogP contribution in [0.5, 0.6) is 5.75 Å². The molecule has 1 rings (SSSR count). The molecular formula is C10H15NO3. The summed E-state index contributed by atoms with van der Waals surface area (Å²) in [6.07, 6.45) is 2.21. The second-order valence-corrected chi connectivity index (χ2v) is 2.96. The molecule has 0 aromatic carbocycles. The minimum absolute atomic E-state index is 0.0803. The van der Waals surface area contributed by atoms with Crippen LogP contribution in [0.2, 0.25) is 0 Å². The van der Waals surface area contributed by atoms with E-state index in [-0.39, 0.29) is 13.2 Å². The number of nitrogens with zero attached hydrogens (tertiary/aromatic N) is 1. The van der Waals surface area contributed by atoms with E-state index in [1.54, 1.807) is 12.3 Å². The van der Waals surface area contributed by atoms with Crippen LogP contribution in [0.4, 0.5) is 0 Å². The molecule has 0 fully saturated rings. The first-order valence-corrected chi connectivity index (χ1v) is 4.58. The molecule has 4 heteroatoms. The summed E-state index contributed by atoms with van der Waals surface area (Å²) in [4.78, 5) is 4.01. The van der Waals surface area contributed by atoms with Gasteiger partial charge >= 0.3 is 0 Å². The topological polar surface area (TPSA) is 62.6 Å². The Morgan fingerprint density at radius 2 is 2.21 bits per heavy atom. The van der Waals surface area contributed by atoms with Crippen molar-refractivity contribution in [2.45, 2.75) is 20.0 Å². The van der Waals surface area contributed by atoms with E-state index in [4.69, 9.17) is 14.9 Å². The fourth-order valence-corrected chi connectivity index (χ4v) is 1.12. The Morgan fingerprint density at radius 3 is 2.86 bits per heavy atom. The van der Waals surface area contributed by atoms with Gasteiger partial charge in [0.05, 0.1) is 18.9 Å². The lowest BCUT2D eigenvalue weighted by Crippen LogP contribution is -2.03. The van der Waals surface area contributed by atoms with Crippen LogP contribution < -0.4 is 4.74 Å². The van der Waals surface area contributed by atoms with Crippen molar-refractivity contribution in [3.63, 3.8) is 0 Å². The van der Waals surface area contributed by atoms with Gasteiger partial charge in [-0.25, -0.2) is 0 Å². The minimum Gasteiger partial charge on any atom is -0.493 e. The maximum absolute atomic E-state index is 8.96. The molecule has 0 aliphatic carbocycles. The fourth-order valence-electron chi connectivity index (χ4n) is 1.12. The van der Waals surface area contributed by atoms with Crippen LogP contribution in [-0.4, -0.2) is 28.4 Å². The second-order valence-electron chi connectivity index (χ2n) is 2.96. The van der Waals surface area contributed by atoms with Crippen molar-refractivity contribution in [2.75, 3.05) is 13.2 Å². The molecule has 0 aliphatic heterocycles. The van der Waals surface area contributed by atoms with Crippen LogP contribution >= 0.6 is 0 Å². The lowest BCUT2D eigenvalue weighted by Gasteiger charge is -2.09. The molecule has 1 aromatic rings. The highest BCUT2D eigenvalue weighted by Crippen LogP contribution is 2.19. The summed E-state index contributed by atoms with van der Waals surface area (Å²) in [5.41, 5.74) is 1.49. The van der Waals surface area contributed by atoms with Gasteiger partial charge in [-0.15, -0.1) is 0 Å². The number of hydrogen-bond acceptors (Lipinski definition) is 4. The zero-order valence-corrected chi connectivity index (χ0v) is 8.23. The predicted molar refractivity (Wildman–Crippen MR) is 52.1 cm³/mol. The summed E-state index contributed by atoms with van der Waals surface area (Å²) in [6, 6.07) is 1.76. The quantitative estimate of drug-likeness (QED) is 0.680. The van der Waals surface area contributed by atoms with Crippen molar-refractivity contribution < 1.29 is 14.9 Å². The predicted octanol–water partition coefficient (Wildman–Crippen LogP) is 0.644. The molecule has 0 saturated heterocycles. The number of ether oxygens (including phenoxy) is 1. The maximum Gasteiger partial charge on any atom is 0.125 e. The third-order valence-electron chi connectivity index (χ3n) is 1.97. The van der Waals surface area contributed by atoms with E-state index in [2.05, 4.69) is 4.98 Å². The Kier molecular flexibility index (Phi) is 4.35. The number of hydrogen-bond donors (Lipinski definition) is 2. The first-order valence-electron chi connectivity index (χ1n) is 4.58. The van der Waals surface area contributed by atoms with Gasteiger partial charge in [-0.1, -0.05) is 0 Å². The van der Waals surface area contributed by atoms with Gasteiger partial charge in [0.2, 0.25) is 0 Å². The van der Waals surface area contributed by atoms with Crippen LogP contribution in [-0.2, 0) is 6.61 Å². The van der Waals surface area contributed by atoms with E-state index in [9.17, 15) is 0 Å². The molecule has 0 saturated carbocycles. The van der Waals surface area contributed by atoms with Gasteiger partial charge in [-0.3, -0.25) is 4.98 Å². The first kappa shape index (κ1) is 10.9. The van der Waals surface area contributed by atoms with E-state index < -0.39 is 0 Å². The number of aliphatic hydroxyl groups excluding tert-OH is 2. The molecule has 2 N–H and O–H groups in total. The Hall–Kier alpha value is -1.13. The smallest absolute Gasteiger partial charge is 0.125 e. The van der Waals surface area contributed by atoms with Gasteiger partial charge in [0.25, 0.3) is 0 Å². The number of pyridine rings is 1. The molecule has 0 radical (unpaired) electrons. The number of rotatable bonds is 5. The van der Waals surface area contributed by atoms with E-state index in [0.717, 1.165) is 11.3 Å². The van der Waals surface area contributed by atoms with Crippen molar-refractivity contribution in [3.05, 3.63) is 23.5 Å². The average molecular weight is 197 g/mol. The third-order valence-corrected chi connectivity index (χ3v) is 1.97. The highest BCUT2D eigenvalue weighted by Gasteiger charge is 2.04. The molecule has 0 atom stereocenters. The Bertz CT molecular complexity index is 289. The zero-order chi connectivity index (χ0) is 10.4. The van der Waals surface area contributed by atoms with E-state index in [1.807, 2.05) is 6.92 Å². The summed E-state index contributed by atoms with van der Waals surface area (Å²) >= 11 is 0. The zero-order valence-electron chi connectivity index (χ0n) is 8.23. The number of aromatic nitrogens is 1. The summed E-state index contributed by atoms with van der Waals surface area (Å²) in [6.45, 7) is 2.37. The van der Waals surface area contributed by atoms with E-state index >= 15 is 0 Å². The highest BCUT2D eigenvalue weighted by atomic mass is 16.5.